The van der Waals surface area contributed by atoms with Gasteiger partial charge in [0.15, 0.2) is 0 Å². The summed E-state index contributed by atoms with van der Waals surface area (Å²) >= 11 is 0. The Bertz CT molecular complexity index is 258. The van der Waals surface area contributed by atoms with E-state index in [-0.39, 0.29) is 0 Å². The lowest BCUT2D eigenvalue weighted by Gasteiger charge is -2.49. The molecule has 1 fully saturated rings. The third-order valence-electron chi connectivity index (χ3n) is 5.49. The molecule has 2 heteroatoms. The molecule has 2 nitrogen and oxygen atoms in total. The Morgan fingerprint density at radius 1 is 1.15 bits per heavy atom. The first-order chi connectivity index (χ1) is 9.50. The fourth-order valence-corrected chi connectivity index (χ4v) is 4.01. The van der Waals surface area contributed by atoms with Gasteiger partial charge >= 0.3 is 0 Å². The first-order valence-electron chi connectivity index (χ1n) is 8.97. The summed E-state index contributed by atoms with van der Waals surface area (Å²) in [6.07, 6.45) is 6.75. The van der Waals surface area contributed by atoms with Crippen molar-refractivity contribution in [2.24, 2.45) is 11.3 Å². The molecule has 0 heterocycles. The van der Waals surface area contributed by atoms with Crippen LogP contribution in [0.1, 0.15) is 73.6 Å². The Balaban J connectivity index is 2.81. The lowest BCUT2D eigenvalue weighted by atomic mass is 9.70. The molecule has 2 unspecified atom stereocenters. The molecule has 2 atom stereocenters. The molecule has 1 aliphatic carbocycles. The molecule has 120 valence electrons. The van der Waals surface area contributed by atoms with Crippen LogP contribution in [-0.2, 0) is 0 Å². The number of hydrogen-bond acceptors (Lipinski definition) is 2. The highest BCUT2D eigenvalue weighted by molar-refractivity contribution is 4.98. The molecule has 0 saturated heterocycles. The van der Waals surface area contributed by atoms with Gasteiger partial charge in [0.25, 0.3) is 0 Å². The molecule has 0 amide bonds. The van der Waals surface area contributed by atoms with Gasteiger partial charge in [-0.25, -0.2) is 0 Å². The van der Waals surface area contributed by atoms with Gasteiger partial charge in [0.05, 0.1) is 0 Å². The Labute approximate surface area is 127 Å². The zero-order chi connectivity index (χ0) is 15.2. The number of nitrogens with zero attached hydrogens (tertiary/aromatic N) is 1. The van der Waals surface area contributed by atoms with Gasteiger partial charge in [0.2, 0.25) is 0 Å². The summed E-state index contributed by atoms with van der Waals surface area (Å²) in [5, 5.41) is 3.81. The van der Waals surface area contributed by atoms with E-state index >= 15 is 0 Å². The van der Waals surface area contributed by atoms with Crippen molar-refractivity contribution in [2.45, 2.75) is 85.7 Å². The third kappa shape index (κ3) is 4.46. The molecular weight excluding hydrogens is 244 g/mol. The normalized spacial score (nSPS) is 26.4. The maximum absolute atomic E-state index is 3.81. The molecule has 0 spiro atoms. The molecular formula is C18H38N2. The van der Waals surface area contributed by atoms with Crippen molar-refractivity contribution in [3.8, 4) is 0 Å². The first-order valence-corrected chi connectivity index (χ1v) is 8.97. The fraction of sp³-hybridized carbons (Fsp3) is 1.00. The molecule has 0 aliphatic heterocycles. The molecule has 20 heavy (non-hydrogen) atoms. The SMILES string of the molecule is CCNC1C(N(CC)CC(CC)CC)CCCC1(C)C. The average Bonchev–Trinajstić information content (AvgIpc) is 2.43. The van der Waals surface area contributed by atoms with Gasteiger partial charge in [-0.2, -0.15) is 0 Å². The molecule has 1 saturated carbocycles. The van der Waals surface area contributed by atoms with Crippen LogP contribution in [0.5, 0.6) is 0 Å². The summed E-state index contributed by atoms with van der Waals surface area (Å²) in [5.41, 5.74) is 0.431. The second-order valence-electron chi connectivity index (χ2n) is 7.25. The molecule has 0 aromatic heterocycles. The molecule has 0 aromatic rings. The minimum absolute atomic E-state index is 0.431. The van der Waals surface area contributed by atoms with Crippen molar-refractivity contribution >= 4 is 0 Å². The van der Waals surface area contributed by atoms with Crippen LogP contribution >= 0.6 is 0 Å². The highest BCUT2D eigenvalue weighted by Gasteiger charge is 2.40. The van der Waals surface area contributed by atoms with Crippen molar-refractivity contribution in [2.75, 3.05) is 19.6 Å². The second-order valence-corrected chi connectivity index (χ2v) is 7.25. The summed E-state index contributed by atoms with van der Waals surface area (Å²) in [6, 6.07) is 1.37. The van der Waals surface area contributed by atoms with Crippen LogP contribution in [0.15, 0.2) is 0 Å². The molecule has 0 radical (unpaired) electrons. The number of nitrogens with one attached hydrogen (secondary N) is 1. The minimum atomic E-state index is 0.431. The monoisotopic (exact) mass is 282 g/mol. The lowest BCUT2D eigenvalue weighted by molar-refractivity contribution is 0.0422. The summed E-state index contributed by atoms with van der Waals surface area (Å²) in [7, 11) is 0. The quantitative estimate of drug-likeness (QED) is 0.714. The fourth-order valence-electron chi connectivity index (χ4n) is 4.01. The molecule has 1 rings (SSSR count). The Morgan fingerprint density at radius 3 is 2.30 bits per heavy atom. The summed E-state index contributed by atoms with van der Waals surface area (Å²) < 4.78 is 0. The van der Waals surface area contributed by atoms with E-state index in [1.54, 1.807) is 0 Å². The largest absolute Gasteiger partial charge is 0.312 e. The first kappa shape index (κ1) is 18.0. The average molecular weight is 283 g/mol. The highest BCUT2D eigenvalue weighted by atomic mass is 15.2. The summed E-state index contributed by atoms with van der Waals surface area (Å²) in [5.74, 6) is 0.863. The van der Waals surface area contributed by atoms with E-state index in [0.717, 1.165) is 18.5 Å². The highest BCUT2D eigenvalue weighted by Crippen LogP contribution is 2.38. The van der Waals surface area contributed by atoms with Crippen LogP contribution in [0.4, 0.5) is 0 Å². The van der Waals surface area contributed by atoms with Crippen molar-refractivity contribution in [1.29, 1.82) is 0 Å². The van der Waals surface area contributed by atoms with Gasteiger partial charge < -0.3 is 5.32 Å². The molecule has 0 bridgehead atoms. The van der Waals surface area contributed by atoms with E-state index in [4.69, 9.17) is 0 Å². The summed E-state index contributed by atoms with van der Waals surface area (Å²) in [6.45, 7) is 17.8. The predicted molar refractivity (Wildman–Crippen MR) is 90.2 cm³/mol. The van der Waals surface area contributed by atoms with Crippen LogP contribution in [0, 0.1) is 11.3 Å². The van der Waals surface area contributed by atoms with E-state index in [1.165, 1.54) is 45.2 Å². The summed E-state index contributed by atoms with van der Waals surface area (Å²) in [4.78, 5) is 2.77. The van der Waals surface area contributed by atoms with E-state index in [2.05, 4.69) is 51.8 Å². The van der Waals surface area contributed by atoms with Crippen molar-refractivity contribution in [3.05, 3.63) is 0 Å². The van der Waals surface area contributed by atoms with Gasteiger partial charge in [-0.1, -0.05) is 60.8 Å². The molecule has 1 aliphatic rings. The van der Waals surface area contributed by atoms with Crippen LogP contribution in [-0.4, -0.2) is 36.6 Å². The maximum atomic E-state index is 3.81. The van der Waals surface area contributed by atoms with Gasteiger partial charge in [0, 0.05) is 18.6 Å². The zero-order valence-electron chi connectivity index (χ0n) is 14.8. The van der Waals surface area contributed by atoms with Crippen molar-refractivity contribution in [3.63, 3.8) is 0 Å². The van der Waals surface area contributed by atoms with Crippen LogP contribution < -0.4 is 5.32 Å². The lowest BCUT2D eigenvalue weighted by Crippen LogP contribution is -2.59. The second kappa shape index (κ2) is 8.38. The Kier molecular flexibility index (Phi) is 7.53. The van der Waals surface area contributed by atoms with Gasteiger partial charge in [0.1, 0.15) is 0 Å². The maximum Gasteiger partial charge on any atom is 0.0274 e. The smallest absolute Gasteiger partial charge is 0.0274 e. The predicted octanol–water partition coefficient (Wildman–Crippen LogP) is 4.30. The van der Waals surface area contributed by atoms with Crippen LogP contribution in [0.2, 0.25) is 0 Å². The zero-order valence-corrected chi connectivity index (χ0v) is 14.8. The van der Waals surface area contributed by atoms with E-state index < -0.39 is 0 Å². The van der Waals surface area contributed by atoms with Crippen molar-refractivity contribution < 1.29 is 0 Å². The topological polar surface area (TPSA) is 15.3 Å². The van der Waals surface area contributed by atoms with Gasteiger partial charge in [-0.05, 0) is 37.3 Å². The van der Waals surface area contributed by atoms with Crippen LogP contribution in [0.3, 0.4) is 0 Å². The number of hydrogen-bond donors (Lipinski definition) is 1. The van der Waals surface area contributed by atoms with E-state index in [0.29, 0.717) is 11.5 Å². The standard InChI is InChI=1S/C18H38N2/c1-7-15(8-2)14-20(10-4)16-12-11-13-18(5,6)17(16)19-9-3/h15-17,19H,7-14H2,1-6H3. The Morgan fingerprint density at radius 2 is 1.80 bits per heavy atom. The Hall–Kier alpha value is -0.0800. The minimum Gasteiger partial charge on any atom is -0.312 e. The number of likely N-dealkylation sites (N-methyl/N-ethyl adjacent to an activating group) is 2. The molecule has 0 aromatic carbocycles. The molecule has 1 N–H and O–H groups in total. The van der Waals surface area contributed by atoms with Gasteiger partial charge in [-0.15, -0.1) is 0 Å². The number of rotatable bonds is 8. The van der Waals surface area contributed by atoms with E-state index in [1.807, 2.05) is 0 Å². The van der Waals surface area contributed by atoms with Gasteiger partial charge in [-0.3, -0.25) is 4.90 Å². The van der Waals surface area contributed by atoms with Crippen LogP contribution in [0.25, 0.3) is 0 Å². The van der Waals surface area contributed by atoms with Crippen molar-refractivity contribution in [1.82, 2.24) is 10.2 Å². The van der Waals surface area contributed by atoms with E-state index in [9.17, 15) is 0 Å². The third-order valence-corrected chi connectivity index (χ3v) is 5.49.